The van der Waals surface area contributed by atoms with Gasteiger partial charge < -0.3 is 9.72 Å². The molecular formula is C23H26N2O2S. The van der Waals surface area contributed by atoms with Gasteiger partial charge in [-0.25, -0.2) is 4.98 Å². The zero-order valence-electron chi connectivity index (χ0n) is 16.8. The molecule has 4 nitrogen and oxygen atoms in total. The van der Waals surface area contributed by atoms with Crippen LogP contribution in [0.25, 0.3) is 0 Å². The summed E-state index contributed by atoms with van der Waals surface area (Å²) in [6.07, 6.45) is 1.34. The van der Waals surface area contributed by atoms with E-state index < -0.39 is 0 Å². The highest BCUT2D eigenvalue weighted by molar-refractivity contribution is 7.98. The standard InChI is InChI=1S/C23H26N2O2S/c1-5-20-21(13-18-11-15(2)10-16(3)12-18)24-23(25-22(20)26)28-14-17-6-8-19(27-4)9-7-17/h6-12H,5,13-14H2,1-4H3,(H,24,25,26). The first-order chi connectivity index (χ1) is 13.5. The van der Waals surface area contributed by atoms with Crippen molar-refractivity contribution in [2.75, 3.05) is 7.11 Å². The summed E-state index contributed by atoms with van der Waals surface area (Å²) in [5.74, 6) is 1.57. The minimum atomic E-state index is -0.0332. The van der Waals surface area contributed by atoms with Gasteiger partial charge in [0.05, 0.1) is 12.8 Å². The van der Waals surface area contributed by atoms with Gasteiger partial charge in [-0.3, -0.25) is 4.79 Å². The summed E-state index contributed by atoms with van der Waals surface area (Å²) in [5.41, 5.74) is 6.41. The largest absolute Gasteiger partial charge is 0.497 e. The van der Waals surface area contributed by atoms with E-state index >= 15 is 0 Å². The van der Waals surface area contributed by atoms with Gasteiger partial charge in [-0.2, -0.15) is 0 Å². The first kappa shape index (κ1) is 20.2. The van der Waals surface area contributed by atoms with Gasteiger partial charge in [-0.1, -0.05) is 60.1 Å². The van der Waals surface area contributed by atoms with Crippen LogP contribution in [0, 0.1) is 13.8 Å². The third kappa shape index (κ3) is 5.04. The molecule has 0 aliphatic heterocycles. The van der Waals surface area contributed by atoms with Gasteiger partial charge in [-0.15, -0.1) is 0 Å². The fourth-order valence-corrected chi connectivity index (χ4v) is 4.17. The molecule has 0 unspecified atom stereocenters. The van der Waals surface area contributed by atoms with Crippen LogP contribution in [0.4, 0.5) is 0 Å². The van der Waals surface area contributed by atoms with E-state index in [2.05, 4.69) is 37.0 Å². The molecule has 3 rings (SSSR count). The highest BCUT2D eigenvalue weighted by Gasteiger charge is 2.12. The molecule has 0 radical (unpaired) electrons. The summed E-state index contributed by atoms with van der Waals surface area (Å²) in [6, 6.07) is 14.4. The summed E-state index contributed by atoms with van der Waals surface area (Å²) in [7, 11) is 1.66. The van der Waals surface area contributed by atoms with Crippen molar-refractivity contribution in [3.63, 3.8) is 0 Å². The number of nitrogens with one attached hydrogen (secondary N) is 1. The van der Waals surface area contributed by atoms with Crippen LogP contribution in [0.3, 0.4) is 0 Å². The third-order valence-corrected chi connectivity index (χ3v) is 5.57. The molecule has 0 amide bonds. The molecule has 1 aromatic heterocycles. The van der Waals surface area contributed by atoms with Gasteiger partial charge in [0.25, 0.3) is 5.56 Å². The molecule has 5 heteroatoms. The summed E-state index contributed by atoms with van der Waals surface area (Å²) >= 11 is 1.54. The maximum atomic E-state index is 12.6. The van der Waals surface area contributed by atoms with Crippen molar-refractivity contribution in [2.24, 2.45) is 0 Å². The van der Waals surface area contributed by atoms with Crippen LogP contribution in [-0.4, -0.2) is 17.1 Å². The van der Waals surface area contributed by atoms with Gasteiger partial charge in [-0.05, 0) is 43.5 Å². The molecule has 0 spiro atoms. The van der Waals surface area contributed by atoms with E-state index in [9.17, 15) is 4.79 Å². The van der Waals surface area contributed by atoms with Gasteiger partial charge >= 0.3 is 0 Å². The average Bonchev–Trinajstić information content (AvgIpc) is 2.66. The number of aromatic amines is 1. The number of benzene rings is 2. The Morgan fingerprint density at radius 2 is 1.71 bits per heavy atom. The Balaban J connectivity index is 1.83. The molecule has 146 valence electrons. The van der Waals surface area contributed by atoms with E-state index in [-0.39, 0.29) is 5.56 Å². The lowest BCUT2D eigenvalue weighted by Crippen LogP contribution is -2.18. The molecule has 0 fully saturated rings. The Kier molecular flexibility index (Phi) is 6.57. The Hall–Kier alpha value is -2.53. The predicted octanol–water partition coefficient (Wildman–Crippen LogP) is 4.84. The molecule has 28 heavy (non-hydrogen) atoms. The summed E-state index contributed by atoms with van der Waals surface area (Å²) in [6.45, 7) is 6.19. The zero-order valence-corrected chi connectivity index (χ0v) is 17.7. The monoisotopic (exact) mass is 394 g/mol. The highest BCUT2D eigenvalue weighted by Crippen LogP contribution is 2.22. The van der Waals surface area contributed by atoms with Crippen molar-refractivity contribution in [1.82, 2.24) is 9.97 Å². The van der Waals surface area contributed by atoms with Crippen molar-refractivity contribution >= 4 is 11.8 Å². The number of hydrogen-bond acceptors (Lipinski definition) is 4. The Bertz CT molecular complexity index is 990. The Morgan fingerprint density at radius 1 is 1.04 bits per heavy atom. The number of rotatable bonds is 7. The number of hydrogen-bond donors (Lipinski definition) is 1. The Morgan fingerprint density at radius 3 is 2.32 bits per heavy atom. The van der Waals surface area contributed by atoms with Crippen molar-refractivity contribution < 1.29 is 4.74 Å². The molecule has 3 aromatic rings. The summed E-state index contributed by atoms with van der Waals surface area (Å²) in [5, 5.41) is 0.664. The second-order valence-electron chi connectivity index (χ2n) is 6.96. The lowest BCUT2D eigenvalue weighted by molar-refractivity contribution is 0.414. The number of nitrogens with zero attached hydrogens (tertiary/aromatic N) is 1. The highest BCUT2D eigenvalue weighted by atomic mass is 32.2. The van der Waals surface area contributed by atoms with E-state index in [4.69, 9.17) is 9.72 Å². The summed E-state index contributed by atoms with van der Waals surface area (Å²) < 4.78 is 5.20. The molecule has 0 aliphatic rings. The van der Waals surface area contributed by atoms with Crippen molar-refractivity contribution in [3.8, 4) is 5.75 Å². The molecular weight excluding hydrogens is 368 g/mol. The van der Waals surface area contributed by atoms with Crippen LogP contribution in [0.1, 0.15) is 40.4 Å². The Labute approximate surface area is 170 Å². The molecule has 0 atom stereocenters. The fraction of sp³-hybridized carbons (Fsp3) is 0.304. The predicted molar refractivity (Wildman–Crippen MR) is 116 cm³/mol. The second kappa shape index (κ2) is 9.11. The number of methoxy groups -OCH3 is 1. The average molecular weight is 395 g/mol. The number of ether oxygens (including phenoxy) is 1. The third-order valence-electron chi connectivity index (χ3n) is 4.62. The van der Waals surface area contributed by atoms with E-state index in [1.54, 1.807) is 18.9 Å². The van der Waals surface area contributed by atoms with Crippen LogP contribution in [0.5, 0.6) is 5.75 Å². The topological polar surface area (TPSA) is 55.0 Å². The summed E-state index contributed by atoms with van der Waals surface area (Å²) in [4.78, 5) is 20.3. The van der Waals surface area contributed by atoms with Crippen molar-refractivity contribution in [1.29, 1.82) is 0 Å². The smallest absolute Gasteiger partial charge is 0.254 e. The van der Waals surface area contributed by atoms with Gasteiger partial charge in [0, 0.05) is 17.7 Å². The van der Waals surface area contributed by atoms with E-state index in [1.807, 2.05) is 31.2 Å². The molecule has 2 aromatic carbocycles. The minimum absolute atomic E-state index is 0.0332. The number of aromatic nitrogens is 2. The number of aryl methyl sites for hydroxylation is 2. The van der Waals surface area contributed by atoms with E-state index in [0.29, 0.717) is 18.0 Å². The fourth-order valence-electron chi connectivity index (χ4n) is 3.34. The lowest BCUT2D eigenvalue weighted by Gasteiger charge is -2.10. The van der Waals surface area contributed by atoms with E-state index in [1.165, 1.54) is 16.7 Å². The van der Waals surface area contributed by atoms with Crippen molar-refractivity contribution in [3.05, 3.63) is 86.3 Å². The molecule has 0 bridgehead atoms. The molecule has 0 aliphatic carbocycles. The first-order valence-corrected chi connectivity index (χ1v) is 10.4. The van der Waals surface area contributed by atoms with Crippen molar-refractivity contribution in [2.45, 2.75) is 44.5 Å². The molecule has 0 saturated carbocycles. The van der Waals surface area contributed by atoms with Crippen LogP contribution in [0.2, 0.25) is 0 Å². The van der Waals surface area contributed by atoms with Gasteiger partial charge in [0.2, 0.25) is 0 Å². The van der Waals surface area contributed by atoms with E-state index in [0.717, 1.165) is 28.3 Å². The van der Waals surface area contributed by atoms with Crippen LogP contribution >= 0.6 is 11.8 Å². The van der Waals surface area contributed by atoms with Gasteiger partial charge in [0.15, 0.2) is 5.16 Å². The van der Waals surface area contributed by atoms with Crippen LogP contribution in [0.15, 0.2) is 52.4 Å². The normalized spacial score (nSPS) is 10.9. The second-order valence-corrected chi connectivity index (χ2v) is 7.92. The maximum Gasteiger partial charge on any atom is 0.254 e. The lowest BCUT2D eigenvalue weighted by atomic mass is 10.0. The molecule has 0 saturated heterocycles. The number of H-pyrrole nitrogens is 1. The molecule has 1 heterocycles. The maximum absolute atomic E-state index is 12.6. The quantitative estimate of drug-likeness (QED) is 0.460. The van der Waals surface area contributed by atoms with Crippen LogP contribution in [-0.2, 0) is 18.6 Å². The SMILES string of the molecule is CCc1c(Cc2cc(C)cc(C)c2)nc(SCc2ccc(OC)cc2)[nH]c1=O. The minimum Gasteiger partial charge on any atom is -0.497 e. The van der Waals surface area contributed by atoms with Crippen LogP contribution < -0.4 is 10.3 Å². The molecule has 1 N–H and O–H groups in total. The zero-order chi connectivity index (χ0) is 20.1. The van der Waals surface area contributed by atoms with Gasteiger partial charge in [0.1, 0.15) is 5.75 Å². The first-order valence-electron chi connectivity index (χ1n) is 9.43. The number of thioether (sulfide) groups is 1.